The van der Waals surface area contributed by atoms with Crippen LogP contribution < -0.4 is 5.32 Å². The van der Waals surface area contributed by atoms with Gasteiger partial charge in [0, 0.05) is 12.5 Å². The minimum atomic E-state index is -1.93. The number of nitrogens with zero attached hydrogens (tertiary/aromatic N) is 3. The summed E-state index contributed by atoms with van der Waals surface area (Å²) < 4.78 is 7.58. The Morgan fingerprint density at radius 2 is 2.12 bits per heavy atom. The molecule has 0 saturated carbocycles. The third-order valence-electron chi connectivity index (χ3n) is 5.20. The molecule has 0 bridgehead atoms. The highest BCUT2D eigenvalue weighted by Gasteiger charge is 2.47. The van der Waals surface area contributed by atoms with Crippen molar-refractivity contribution in [2.24, 2.45) is 5.92 Å². The zero-order chi connectivity index (χ0) is 18.1. The average Bonchev–Trinajstić information content (AvgIpc) is 2.94. The Balaban J connectivity index is 1.92. The third-order valence-corrected chi connectivity index (χ3v) is 9.78. The van der Waals surface area contributed by atoms with Crippen LogP contribution in [-0.4, -0.2) is 47.3 Å². The highest BCUT2D eigenvalue weighted by atomic mass is 28.4. The van der Waals surface area contributed by atoms with Crippen LogP contribution in [0.4, 0.5) is 0 Å². The average molecular weight is 353 g/mol. The first kappa shape index (κ1) is 18.8. The van der Waals surface area contributed by atoms with Crippen LogP contribution in [0.1, 0.15) is 45.3 Å². The molecule has 0 unspecified atom stereocenters. The van der Waals surface area contributed by atoms with Gasteiger partial charge in [-0.15, -0.1) is 5.10 Å². The predicted molar refractivity (Wildman–Crippen MR) is 93.0 cm³/mol. The number of nitrogens with one attached hydrogen (secondary N) is 1. The van der Waals surface area contributed by atoms with E-state index >= 15 is 0 Å². The van der Waals surface area contributed by atoms with Gasteiger partial charge in [-0.2, -0.15) is 4.68 Å². The number of hydrogen-bond donors (Lipinski definition) is 1. The second-order valence-electron chi connectivity index (χ2n) is 8.00. The summed E-state index contributed by atoms with van der Waals surface area (Å²) in [6.45, 7) is 12.9. The van der Waals surface area contributed by atoms with Crippen LogP contribution in [0.25, 0.3) is 0 Å². The van der Waals surface area contributed by atoms with Crippen molar-refractivity contribution in [2.75, 3.05) is 0 Å². The third kappa shape index (κ3) is 3.92. The normalized spacial score (nSPS) is 22.7. The molecule has 3 atom stereocenters. The zero-order valence-electron chi connectivity index (χ0n) is 15.4. The molecule has 1 aliphatic heterocycles. The molecular formula is C16H28N4O3Si. The van der Waals surface area contributed by atoms with E-state index in [9.17, 15) is 9.59 Å². The fourth-order valence-corrected chi connectivity index (χ4v) is 4.13. The molecule has 8 heteroatoms. The number of hydrogen-bond acceptors (Lipinski definition) is 5. The zero-order valence-corrected chi connectivity index (χ0v) is 16.4. The van der Waals surface area contributed by atoms with Crippen LogP contribution in [0.2, 0.25) is 18.1 Å². The summed E-state index contributed by atoms with van der Waals surface area (Å²) in [6, 6.07) is -0.0234. The largest absolute Gasteiger partial charge is 0.413 e. The quantitative estimate of drug-likeness (QED) is 0.627. The standard InChI is InChI=1S/C16H28N4O3Si/c1-11(23-24(5,6)16(2,3)4)14-12(18-15(14)22)7-8-13(21)20-10-9-17-19-20/h9-12,14H,7-8H2,1-6H3,(H,18,22)/t11-,12+,14-/m1/s1. The molecule has 134 valence electrons. The lowest BCUT2D eigenvalue weighted by molar-refractivity contribution is -0.140. The molecule has 7 nitrogen and oxygen atoms in total. The van der Waals surface area contributed by atoms with Gasteiger partial charge in [-0.3, -0.25) is 9.59 Å². The van der Waals surface area contributed by atoms with E-state index in [-0.39, 0.29) is 34.9 Å². The molecule has 24 heavy (non-hydrogen) atoms. The number of carbonyl (C=O) groups excluding carboxylic acids is 2. The summed E-state index contributed by atoms with van der Waals surface area (Å²) in [5.74, 6) is -0.299. The Kier molecular flexibility index (Phi) is 5.29. The van der Waals surface area contributed by atoms with Gasteiger partial charge in [-0.1, -0.05) is 26.0 Å². The first-order valence-corrected chi connectivity index (χ1v) is 11.3. The van der Waals surface area contributed by atoms with Gasteiger partial charge >= 0.3 is 0 Å². The van der Waals surface area contributed by atoms with E-state index < -0.39 is 8.32 Å². The van der Waals surface area contributed by atoms with Crippen molar-refractivity contribution in [2.45, 2.75) is 70.8 Å². The number of β-lactam (4-membered cyclic amide) rings is 1. The van der Waals surface area contributed by atoms with E-state index in [4.69, 9.17) is 4.43 Å². The number of amides is 1. The molecule has 0 aliphatic carbocycles. The summed E-state index contributed by atoms with van der Waals surface area (Å²) in [6.07, 6.45) is 3.76. The lowest BCUT2D eigenvalue weighted by Crippen LogP contribution is -2.63. The Labute approximate surface area is 144 Å². The van der Waals surface area contributed by atoms with Gasteiger partial charge < -0.3 is 9.74 Å². The molecule has 1 fully saturated rings. The maximum absolute atomic E-state index is 12.0. The van der Waals surface area contributed by atoms with Crippen LogP contribution in [0, 0.1) is 5.92 Å². The molecular weight excluding hydrogens is 324 g/mol. The van der Waals surface area contributed by atoms with Crippen LogP contribution in [0.5, 0.6) is 0 Å². The summed E-state index contributed by atoms with van der Waals surface area (Å²) in [5.41, 5.74) is 0. The Morgan fingerprint density at radius 1 is 1.46 bits per heavy atom. The Morgan fingerprint density at radius 3 is 2.62 bits per heavy atom. The molecule has 2 rings (SSSR count). The van der Waals surface area contributed by atoms with Gasteiger partial charge in [-0.05, 0) is 31.5 Å². The molecule has 1 aromatic rings. The van der Waals surface area contributed by atoms with Crippen molar-refractivity contribution >= 4 is 20.1 Å². The predicted octanol–water partition coefficient (Wildman–Crippen LogP) is 2.22. The number of aromatic nitrogens is 3. The van der Waals surface area contributed by atoms with Crippen LogP contribution >= 0.6 is 0 Å². The summed E-state index contributed by atoms with van der Waals surface area (Å²) in [4.78, 5) is 24.0. The first-order valence-electron chi connectivity index (χ1n) is 8.40. The first-order chi connectivity index (χ1) is 11.0. The molecule has 1 N–H and O–H groups in total. The molecule has 2 heterocycles. The van der Waals surface area contributed by atoms with Gasteiger partial charge in [0.25, 0.3) is 0 Å². The molecule has 0 spiro atoms. The minimum Gasteiger partial charge on any atom is -0.413 e. The lowest BCUT2D eigenvalue weighted by Gasteiger charge is -2.45. The SMILES string of the molecule is C[C@@H](O[Si](C)(C)C(C)(C)C)[C@H]1C(=O)N[C@H]1CCC(=O)n1ccnn1. The number of carbonyl (C=O) groups is 2. The fraction of sp³-hybridized carbons (Fsp3) is 0.750. The fourth-order valence-electron chi connectivity index (χ4n) is 2.70. The second kappa shape index (κ2) is 6.76. The van der Waals surface area contributed by atoms with E-state index in [1.807, 2.05) is 6.92 Å². The monoisotopic (exact) mass is 352 g/mol. The summed E-state index contributed by atoms with van der Waals surface area (Å²) in [7, 11) is -1.93. The topological polar surface area (TPSA) is 86.1 Å². The van der Waals surface area contributed by atoms with Crippen LogP contribution in [-0.2, 0) is 9.22 Å². The van der Waals surface area contributed by atoms with Gasteiger partial charge in [0.2, 0.25) is 11.8 Å². The van der Waals surface area contributed by atoms with Crippen molar-refractivity contribution < 1.29 is 14.0 Å². The molecule has 1 aromatic heterocycles. The molecule has 1 amide bonds. The summed E-state index contributed by atoms with van der Waals surface area (Å²) >= 11 is 0. The second-order valence-corrected chi connectivity index (χ2v) is 12.8. The molecule has 0 aromatic carbocycles. The van der Waals surface area contributed by atoms with E-state index in [1.54, 1.807) is 0 Å². The van der Waals surface area contributed by atoms with E-state index in [0.29, 0.717) is 12.8 Å². The van der Waals surface area contributed by atoms with Crippen LogP contribution in [0.15, 0.2) is 12.4 Å². The maximum Gasteiger partial charge on any atom is 0.248 e. The van der Waals surface area contributed by atoms with Crippen molar-refractivity contribution in [3.63, 3.8) is 0 Å². The van der Waals surface area contributed by atoms with E-state index in [0.717, 1.165) is 0 Å². The van der Waals surface area contributed by atoms with E-state index in [1.165, 1.54) is 17.1 Å². The highest BCUT2D eigenvalue weighted by Crippen LogP contribution is 2.39. The number of rotatable bonds is 6. The van der Waals surface area contributed by atoms with E-state index in [2.05, 4.69) is 49.5 Å². The summed E-state index contributed by atoms with van der Waals surface area (Å²) in [5, 5.41) is 10.3. The van der Waals surface area contributed by atoms with Crippen molar-refractivity contribution in [1.82, 2.24) is 20.3 Å². The van der Waals surface area contributed by atoms with Gasteiger partial charge in [-0.25, -0.2) is 0 Å². The molecule has 1 aliphatic rings. The van der Waals surface area contributed by atoms with Crippen molar-refractivity contribution in [3.8, 4) is 0 Å². The van der Waals surface area contributed by atoms with Crippen molar-refractivity contribution in [1.29, 1.82) is 0 Å². The molecule has 0 radical (unpaired) electrons. The Hall–Kier alpha value is -1.54. The molecule has 1 saturated heterocycles. The van der Waals surface area contributed by atoms with Crippen molar-refractivity contribution in [3.05, 3.63) is 12.4 Å². The minimum absolute atomic E-state index is 0.0133. The van der Waals surface area contributed by atoms with Crippen LogP contribution in [0.3, 0.4) is 0 Å². The van der Waals surface area contributed by atoms with Gasteiger partial charge in [0.05, 0.1) is 24.4 Å². The van der Waals surface area contributed by atoms with Gasteiger partial charge in [0.15, 0.2) is 8.32 Å². The van der Waals surface area contributed by atoms with Gasteiger partial charge in [0.1, 0.15) is 0 Å². The maximum atomic E-state index is 12.0. The smallest absolute Gasteiger partial charge is 0.248 e. The lowest BCUT2D eigenvalue weighted by atomic mass is 9.83. The Bertz CT molecular complexity index is 595. The highest BCUT2D eigenvalue weighted by molar-refractivity contribution is 6.74.